The molecule has 0 spiro atoms. The number of hydrogen-bond acceptors (Lipinski definition) is 6. The second kappa shape index (κ2) is 13.7. The molecule has 2 N–H and O–H groups in total. The molecule has 2 saturated heterocycles. The first kappa shape index (κ1) is 25.6. The minimum Gasteiger partial charge on any atom is -0.481 e. The molecule has 3 fully saturated rings. The van der Waals surface area contributed by atoms with Gasteiger partial charge in [0.05, 0.1) is 24.7 Å². The highest BCUT2D eigenvalue weighted by atomic mass is 16.7. The topological polar surface area (TPSA) is 94.5 Å². The van der Waals surface area contributed by atoms with E-state index < -0.39 is 12.1 Å². The van der Waals surface area contributed by atoms with Gasteiger partial charge in [-0.2, -0.15) is 0 Å². The maximum absolute atomic E-state index is 11.5. The lowest BCUT2D eigenvalue weighted by atomic mass is 9.89. The van der Waals surface area contributed by atoms with Crippen LogP contribution in [0, 0.1) is 11.8 Å². The van der Waals surface area contributed by atoms with E-state index in [1.54, 1.807) is 0 Å². The first-order chi connectivity index (χ1) is 15.6. The van der Waals surface area contributed by atoms with Crippen molar-refractivity contribution in [3.05, 3.63) is 12.2 Å². The second-order valence-electron chi connectivity index (χ2n) is 9.46. The molecular weight excluding hydrogens is 412 g/mol. The number of unbranched alkanes of at least 4 members (excludes halogenated alkanes) is 2. The van der Waals surface area contributed by atoms with Crippen LogP contribution in [-0.2, 0) is 23.7 Å². The first-order valence-corrected chi connectivity index (χ1v) is 12.7. The Bertz CT molecular complexity index is 569. The lowest BCUT2D eigenvalue weighted by Gasteiger charge is -2.29. The van der Waals surface area contributed by atoms with Crippen molar-refractivity contribution >= 4 is 5.97 Å². The fourth-order valence-corrected chi connectivity index (χ4v) is 5.07. The van der Waals surface area contributed by atoms with E-state index in [1.807, 2.05) is 6.08 Å². The summed E-state index contributed by atoms with van der Waals surface area (Å²) in [5, 5.41) is 20.1. The summed E-state index contributed by atoms with van der Waals surface area (Å²) in [6, 6.07) is 0. The number of ether oxygens (including phenoxy) is 4. The van der Waals surface area contributed by atoms with Crippen LogP contribution < -0.4 is 0 Å². The number of aliphatic hydroxyl groups excluding tert-OH is 1. The molecule has 0 aromatic rings. The van der Waals surface area contributed by atoms with Gasteiger partial charge in [-0.1, -0.05) is 38.3 Å². The molecule has 0 radical (unpaired) electrons. The number of carboxylic acid groups (broad SMARTS) is 1. The van der Waals surface area contributed by atoms with Crippen LogP contribution in [0.3, 0.4) is 0 Å². The molecule has 184 valence electrons. The fourth-order valence-electron chi connectivity index (χ4n) is 5.07. The van der Waals surface area contributed by atoms with Gasteiger partial charge in [0.25, 0.3) is 0 Å². The maximum atomic E-state index is 11.5. The van der Waals surface area contributed by atoms with Gasteiger partial charge in [0.15, 0.2) is 12.6 Å². The molecule has 1 saturated carbocycles. The van der Waals surface area contributed by atoms with Crippen LogP contribution in [0.2, 0.25) is 0 Å². The normalized spacial score (nSPS) is 34.7. The van der Waals surface area contributed by atoms with Crippen LogP contribution in [0.5, 0.6) is 0 Å². The van der Waals surface area contributed by atoms with E-state index in [1.165, 1.54) is 0 Å². The van der Waals surface area contributed by atoms with Gasteiger partial charge in [0.2, 0.25) is 0 Å². The zero-order chi connectivity index (χ0) is 22.8. The Balaban J connectivity index is 1.69. The van der Waals surface area contributed by atoms with Crippen molar-refractivity contribution in [3.63, 3.8) is 0 Å². The predicted molar refractivity (Wildman–Crippen MR) is 120 cm³/mol. The highest BCUT2D eigenvalue weighted by Gasteiger charge is 2.44. The zero-order valence-corrected chi connectivity index (χ0v) is 19.5. The van der Waals surface area contributed by atoms with Crippen molar-refractivity contribution in [1.29, 1.82) is 0 Å². The first-order valence-electron chi connectivity index (χ1n) is 12.7. The fraction of sp³-hybridized carbons (Fsp3) is 0.880. The molecule has 7 heteroatoms. The number of hydrogen-bond donors (Lipinski definition) is 2. The van der Waals surface area contributed by atoms with E-state index in [0.717, 1.165) is 70.8 Å². The van der Waals surface area contributed by atoms with E-state index in [9.17, 15) is 15.0 Å². The second-order valence-corrected chi connectivity index (χ2v) is 9.46. The summed E-state index contributed by atoms with van der Waals surface area (Å²) in [4.78, 5) is 11.5. The summed E-state index contributed by atoms with van der Waals surface area (Å²) in [6.45, 7) is 3.61. The van der Waals surface area contributed by atoms with Crippen LogP contribution in [0.1, 0.15) is 84.0 Å². The van der Waals surface area contributed by atoms with Gasteiger partial charge in [-0.3, -0.25) is 4.79 Å². The summed E-state index contributed by atoms with van der Waals surface area (Å²) in [5.41, 5.74) is 0. The Morgan fingerprint density at radius 1 is 1.09 bits per heavy atom. The average Bonchev–Trinajstić information content (AvgIpc) is 3.06. The van der Waals surface area contributed by atoms with Crippen LogP contribution in [0.25, 0.3) is 0 Å². The minimum atomic E-state index is -0.895. The van der Waals surface area contributed by atoms with Crippen molar-refractivity contribution in [2.75, 3.05) is 13.2 Å². The van der Waals surface area contributed by atoms with Gasteiger partial charge in [-0.15, -0.1) is 0 Å². The van der Waals surface area contributed by atoms with E-state index in [2.05, 4.69) is 13.0 Å². The van der Waals surface area contributed by atoms with Gasteiger partial charge in [-0.25, -0.2) is 0 Å². The van der Waals surface area contributed by atoms with Gasteiger partial charge < -0.3 is 29.2 Å². The maximum Gasteiger partial charge on any atom is 0.303 e. The zero-order valence-electron chi connectivity index (χ0n) is 19.5. The lowest BCUT2D eigenvalue weighted by Crippen LogP contribution is -2.31. The van der Waals surface area contributed by atoms with E-state index in [-0.39, 0.29) is 43.0 Å². The number of carbonyl (C=O) groups is 1. The molecular formula is C25H42O7. The van der Waals surface area contributed by atoms with E-state index >= 15 is 0 Å². The Labute approximate surface area is 192 Å². The summed E-state index contributed by atoms with van der Waals surface area (Å²) in [5.74, 6) is -1.45. The van der Waals surface area contributed by atoms with Crippen molar-refractivity contribution in [3.8, 4) is 0 Å². The minimum absolute atomic E-state index is 0.0748. The van der Waals surface area contributed by atoms with Crippen LogP contribution in [0.4, 0.5) is 0 Å². The van der Waals surface area contributed by atoms with Crippen molar-refractivity contribution in [1.82, 2.24) is 0 Å². The monoisotopic (exact) mass is 454 g/mol. The molecule has 7 atom stereocenters. The highest BCUT2D eigenvalue weighted by Crippen LogP contribution is 2.39. The van der Waals surface area contributed by atoms with Crippen LogP contribution >= 0.6 is 0 Å². The van der Waals surface area contributed by atoms with E-state index in [4.69, 9.17) is 18.9 Å². The summed E-state index contributed by atoms with van der Waals surface area (Å²) in [7, 11) is 0. The lowest BCUT2D eigenvalue weighted by molar-refractivity contribution is -0.193. The largest absolute Gasteiger partial charge is 0.481 e. The summed E-state index contributed by atoms with van der Waals surface area (Å²) < 4.78 is 24.0. The standard InChI is InChI=1S/C25H42O7/c1-2-3-4-9-18(31-24-10-5-7-14-29-24)12-13-19-20(16-23(27)28)21(26)17-22(19)32-25-11-6-8-15-30-25/h12-13,18-22,24-26H,2-11,14-17H2,1H3,(H,27,28). The summed E-state index contributed by atoms with van der Waals surface area (Å²) in [6.07, 6.45) is 13.3. The van der Waals surface area contributed by atoms with Gasteiger partial charge in [0.1, 0.15) is 0 Å². The van der Waals surface area contributed by atoms with Crippen LogP contribution in [-0.4, -0.2) is 60.3 Å². The number of aliphatic hydroxyl groups is 1. The molecule has 3 aliphatic rings. The predicted octanol–water partition coefficient (Wildman–Crippen LogP) is 4.42. The molecule has 7 nitrogen and oxygen atoms in total. The Morgan fingerprint density at radius 3 is 2.44 bits per heavy atom. The molecule has 1 aliphatic carbocycles. The van der Waals surface area contributed by atoms with Gasteiger partial charge in [-0.05, 0) is 44.9 Å². The van der Waals surface area contributed by atoms with E-state index in [0.29, 0.717) is 13.0 Å². The molecule has 2 heterocycles. The molecule has 0 aromatic carbocycles. The molecule has 7 unspecified atom stereocenters. The Morgan fingerprint density at radius 2 is 1.81 bits per heavy atom. The smallest absolute Gasteiger partial charge is 0.303 e. The van der Waals surface area contributed by atoms with Gasteiger partial charge in [0, 0.05) is 31.5 Å². The SMILES string of the molecule is CCCCCC(C=CC1C(OC2CCCCO2)CC(O)C1CC(=O)O)OC1CCCCO1. The third-order valence-electron chi connectivity index (χ3n) is 6.87. The highest BCUT2D eigenvalue weighted by molar-refractivity contribution is 5.67. The number of aliphatic carboxylic acids is 1. The van der Waals surface area contributed by atoms with Gasteiger partial charge >= 0.3 is 5.97 Å². The third-order valence-corrected chi connectivity index (χ3v) is 6.87. The Kier molecular flexibility index (Phi) is 10.9. The van der Waals surface area contributed by atoms with Crippen molar-refractivity contribution < 1.29 is 34.0 Å². The quantitative estimate of drug-likeness (QED) is 0.333. The van der Waals surface area contributed by atoms with Crippen LogP contribution in [0.15, 0.2) is 12.2 Å². The summed E-state index contributed by atoms with van der Waals surface area (Å²) >= 11 is 0. The number of rotatable bonds is 12. The number of carboxylic acids is 1. The molecule has 2 aliphatic heterocycles. The average molecular weight is 455 g/mol. The molecule has 32 heavy (non-hydrogen) atoms. The third kappa shape index (κ3) is 8.10. The van der Waals surface area contributed by atoms with Crippen molar-refractivity contribution in [2.45, 2.75) is 115 Å². The molecule has 0 bridgehead atoms. The molecule has 0 aromatic heterocycles. The molecule has 3 rings (SSSR count). The van der Waals surface area contributed by atoms with Crippen molar-refractivity contribution in [2.24, 2.45) is 11.8 Å². The Hall–Kier alpha value is -0.990. The molecule has 0 amide bonds.